The number of ether oxygens (including phenoxy) is 1. The van der Waals surface area contributed by atoms with Crippen molar-refractivity contribution < 1.29 is 29.1 Å². The van der Waals surface area contributed by atoms with Gasteiger partial charge in [0.15, 0.2) is 5.95 Å². The van der Waals surface area contributed by atoms with Crippen molar-refractivity contribution in [3.05, 3.63) is 48.3 Å². The van der Waals surface area contributed by atoms with Crippen LogP contribution in [-0.4, -0.2) is 63.5 Å². The lowest BCUT2D eigenvalue weighted by Crippen LogP contribution is -2.49. The van der Waals surface area contributed by atoms with Gasteiger partial charge in [-0.25, -0.2) is 14.6 Å². The summed E-state index contributed by atoms with van der Waals surface area (Å²) < 4.78 is 5.06. The van der Waals surface area contributed by atoms with Crippen molar-refractivity contribution in [2.45, 2.75) is 50.4 Å². The number of imidazole rings is 1. The number of carbonyl (C=O) groups excluding carboxylic acids is 2. The Balaban J connectivity index is 1.18. The van der Waals surface area contributed by atoms with E-state index >= 15 is 0 Å². The van der Waals surface area contributed by atoms with Crippen LogP contribution >= 0.6 is 0 Å². The monoisotopic (exact) mass is 498 g/mol. The molecule has 192 valence electrons. The molecule has 5 N–H and O–H groups in total. The Morgan fingerprint density at radius 2 is 2.00 bits per heavy atom. The molecular weight excluding hydrogens is 468 g/mol. The van der Waals surface area contributed by atoms with Gasteiger partial charge in [-0.2, -0.15) is 0 Å². The molecule has 2 aromatic rings. The van der Waals surface area contributed by atoms with Crippen LogP contribution in [0.4, 0.5) is 10.7 Å². The minimum Gasteiger partial charge on any atom is -0.480 e. The number of aromatic nitrogens is 2. The van der Waals surface area contributed by atoms with Crippen molar-refractivity contribution in [1.82, 2.24) is 20.6 Å². The van der Waals surface area contributed by atoms with Crippen LogP contribution in [0.3, 0.4) is 0 Å². The summed E-state index contributed by atoms with van der Waals surface area (Å²) in [5.74, 6) is -0.603. The number of hydrogen-bond acceptors (Lipinski definition) is 8. The lowest BCUT2D eigenvalue weighted by atomic mass is 9.76. The highest BCUT2D eigenvalue weighted by molar-refractivity contribution is 6.39. The van der Waals surface area contributed by atoms with Crippen molar-refractivity contribution in [2.75, 3.05) is 18.4 Å². The summed E-state index contributed by atoms with van der Waals surface area (Å²) in [6.45, 7) is 0.484. The molecule has 0 radical (unpaired) electrons. The van der Waals surface area contributed by atoms with Gasteiger partial charge in [-0.3, -0.25) is 4.79 Å². The zero-order chi connectivity index (χ0) is 25.4. The summed E-state index contributed by atoms with van der Waals surface area (Å²) in [4.78, 5) is 49.0. The highest BCUT2D eigenvalue weighted by Crippen LogP contribution is 2.40. The van der Waals surface area contributed by atoms with Gasteiger partial charge in [-0.05, 0) is 37.2 Å². The van der Waals surface area contributed by atoms with Gasteiger partial charge in [0.05, 0.1) is 0 Å². The number of oxime groups is 1. The molecule has 1 aromatic carbocycles. The number of anilines is 1. The van der Waals surface area contributed by atoms with Crippen LogP contribution in [0, 0.1) is 5.92 Å². The van der Waals surface area contributed by atoms with Gasteiger partial charge in [0.1, 0.15) is 24.0 Å². The smallest absolute Gasteiger partial charge is 0.408 e. The van der Waals surface area contributed by atoms with Gasteiger partial charge in [0, 0.05) is 31.9 Å². The van der Waals surface area contributed by atoms with E-state index < -0.39 is 29.6 Å². The fourth-order valence-electron chi connectivity index (χ4n) is 4.33. The molecule has 36 heavy (non-hydrogen) atoms. The summed E-state index contributed by atoms with van der Waals surface area (Å²) >= 11 is 0. The topological polar surface area (TPSA) is 167 Å². The number of alkyl carbamates (subject to hydrolysis) is 1. The van der Waals surface area contributed by atoms with Gasteiger partial charge in [0.2, 0.25) is 0 Å². The van der Waals surface area contributed by atoms with Crippen LogP contribution in [0.5, 0.6) is 0 Å². The second-order valence-electron chi connectivity index (χ2n) is 9.06. The normalized spacial score (nSPS) is 21.7. The van der Waals surface area contributed by atoms with Gasteiger partial charge >= 0.3 is 12.1 Å². The number of rotatable bonds is 10. The summed E-state index contributed by atoms with van der Waals surface area (Å²) in [6, 6.07) is 7.65. The molecule has 0 saturated heterocycles. The Labute approximate surface area is 207 Å². The standard InChI is InChI=1S/C24H30N6O6/c31-20(27-14-19(21(32)33)29-23(34)35-15-17-4-2-1-3-5-17)18-12-24(36-30-18)8-6-16(7-9-24)13-28-22-25-10-11-26-22/h1-5,10-11,16,19H,6-9,12-15H2,(H,27,31)(H,29,34)(H,32,33)(H2,25,26,28)/t16?,19-,24?/m0/s1. The van der Waals surface area contributed by atoms with Gasteiger partial charge < -0.3 is 35.6 Å². The van der Waals surface area contributed by atoms with Crippen LogP contribution in [-0.2, 0) is 25.8 Å². The van der Waals surface area contributed by atoms with Crippen LogP contribution in [0.15, 0.2) is 47.9 Å². The van der Waals surface area contributed by atoms with Crippen molar-refractivity contribution in [1.29, 1.82) is 0 Å². The Kier molecular flexibility index (Phi) is 8.03. The molecule has 0 unspecified atom stereocenters. The molecule has 2 aliphatic rings. The number of hydrogen-bond donors (Lipinski definition) is 5. The second kappa shape index (κ2) is 11.6. The number of amides is 2. The molecule has 2 heterocycles. The fraction of sp³-hybridized carbons (Fsp3) is 0.458. The van der Waals surface area contributed by atoms with E-state index in [4.69, 9.17) is 9.57 Å². The lowest BCUT2D eigenvalue weighted by molar-refractivity contribution is -0.139. The highest BCUT2D eigenvalue weighted by Gasteiger charge is 2.44. The molecule has 2 amide bonds. The predicted molar refractivity (Wildman–Crippen MR) is 129 cm³/mol. The first-order valence-electron chi connectivity index (χ1n) is 11.9. The minimum absolute atomic E-state index is 0.00136. The van der Waals surface area contributed by atoms with E-state index in [9.17, 15) is 19.5 Å². The maximum atomic E-state index is 12.6. The molecule has 12 nitrogen and oxygen atoms in total. The number of carbonyl (C=O) groups is 3. The maximum Gasteiger partial charge on any atom is 0.408 e. The summed E-state index contributed by atoms with van der Waals surface area (Å²) in [5.41, 5.74) is 0.487. The number of benzene rings is 1. The van der Waals surface area contributed by atoms with Crippen LogP contribution in [0.1, 0.15) is 37.7 Å². The van der Waals surface area contributed by atoms with Crippen molar-refractivity contribution in [3.63, 3.8) is 0 Å². The molecule has 1 aliphatic carbocycles. The third kappa shape index (κ3) is 6.74. The average molecular weight is 499 g/mol. The molecule has 1 atom stereocenters. The quantitative estimate of drug-likeness (QED) is 0.332. The van der Waals surface area contributed by atoms with E-state index in [1.165, 1.54) is 0 Å². The maximum absolute atomic E-state index is 12.6. The van der Waals surface area contributed by atoms with Crippen molar-refractivity contribution >= 4 is 29.6 Å². The van der Waals surface area contributed by atoms with Gasteiger partial charge in [-0.15, -0.1) is 0 Å². The molecule has 0 bridgehead atoms. The van der Waals surface area contributed by atoms with Gasteiger partial charge in [0.25, 0.3) is 5.91 Å². The SMILES string of the molecule is O=C(N[C@@H](CNC(=O)C1=NOC2(CCC(CNc3ncc[nH]3)CC2)C1)C(=O)O)OCc1ccccc1. The summed E-state index contributed by atoms with van der Waals surface area (Å²) in [5, 5.41) is 21.5. The summed E-state index contributed by atoms with van der Waals surface area (Å²) in [7, 11) is 0. The highest BCUT2D eigenvalue weighted by atomic mass is 16.7. The van der Waals surface area contributed by atoms with E-state index in [1.54, 1.807) is 36.7 Å². The fourth-order valence-corrected chi connectivity index (χ4v) is 4.33. The van der Waals surface area contributed by atoms with Crippen molar-refractivity contribution in [3.8, 4) is 0 Å². The largest absolute Gasteiger partial charge is 0.480 e. The lowest BCUT2D eigenvalue weighted by Gasteiger charge is -2.34. The first kappa shape index (κ1) is 25.0. The van der Waals surface area contributed by atoms with E-state index in [1.807, 2.05) is 6.07 Å². The van der Waals surface area contributed by atoms with E-state index in [0.29, 0.717) is 12.3 Å². The zero-order valence-corrected chi connectivity index (χ0v) is 19.7. The number of aliphatic carboxylic acids is 1. The Morgan fingerprint density at radius 1 is 1.22 bits per heavy atom. The van der Waals surface area contributed by atoms with Crippen LogP contribution in [0.25, 0.3) is 0 Å². The molecule has 1 aliphatic heterocycles. The molecule has 4 rings (SSSR count). The zero-order valence-electron chi connectivity index (χ0n) is 19.7. The molecule has 1 saturated carbocycles. The average Bonchev–Trinajstić information content (AvgIpc) is 3.56. The molecular formula is C24H30N6O6. The number of nitrogens with zero attached hydrogens (tertiary/aromatic N) is 2. The van der Waals surface area contributed by atoms with E-state index in [-0.39, 0.29) is 18.9 Å². The Morgan fingerprint density at radius 3 is 2.69 bits per heavy atom. The number of nitrogens with one attached hydrogen (secondary N) is 4. The first-order chi connectivity index (χ1) is 17.4. The third-order valence-electron chi connectivity index (χ3n) is 6.44. The Bertz CT molecular complexity index is 1070. The van der Waals surface area contributed by atoms with Crippen LogP contribution in [0.2, 0.25) is 0 Å². The Hall–Kier alpha value is -4.09. The number of aromatic amines is 1. The van der Waals surface area contributed by atoms with Crippen LogP contribution < -0.4 is 16.0 Å². The molecule has 12 heteroatoms. The second-order valence-corrected chi connectivity index (χ2v) is 9.06. The number of carboxylic acid groups (broad SMARTS) is 1. The van der Waals surface area contributed by atoms with E-state index in [0.717, 1.165) is 43.7 Å². The predicted octanol–water partition coefficient (Wildman–Crippen LogP) is 2.02. The molecule has 1 aromatic heterocycles. The third-order valence-corrected chi connectivity index (χ3v) is 6.44. The van der Waals surface area contributed by atoms with Crippen molar-refractivity contribution in [2.24, 2.45) is 11.1 Å². The van der Waals surface area contributed by atoms with Gasteiger partial charge in [-0.1, -0.05) is 35.5 Å². The molecule has 1 fully saturated rings. The number of carboxylic acids is 1. The van der Waals surface area contributed by atoms with E-state index in [2.05, 4.69) is 31.1 Å². The number of H-pyrrole nitrogens is 1. The minimum atomic E-state index is -1.36. The summed E-state index contributed by atoms with van der Waals surface area (Å²) in [6.07, 6.45) is 6.32. The first-order valence-corrected chi connectivity index (χ1v) is 11.9. The molecule has 1 spiro atoms.